The molecule has 3 atom stereocenters. The van der Waals surface area contributed by atoms with Crippen molar-refractivity contribution < 1.29 is 14.3 Å². The minimum absolute atomic E-state index is 0.119. The summed E-state index contributed by atoms with van der Waals surface area (Å²) in [7, 11) is 0. The van der Waals surface area contributed by atoms with Gasteiger partial charge in [-0.05, 0) is 25.7 Å². The van der Waals surface area contributed by atoms with Gasteiger partial charge in [-0.2, -0.15) is 0 Å². The molecule has 3 nitrogen and oxygen atoms in total. The number of hydrogen-bond acceptors (Lipinski definition) is 3. The predicted molar refractivity (Wildman–Crippen MR) is 59.4 cm³/mol. The Morgan fingerprint density at radius 3 is 2.94 bits per heavy atom. The molecular weight excluding hydrogens is 204 g/mol. The summed E-state index contributed by atoms with van der Waals surface area (Å²) in [6.07, 6.45) is 7.69. The Kier molecular flexibility index (Phi) is 2.95. The molecular formula is C13H16O3. The average Bonchev–Trinajstić information content (AvgIpc) is 2.56. The van der Waals surface area contributed by atoms with Crippen LogP contribution in [0.1, 0.15) is 26.7 Å². The normalized spacial score (nSPS) is 33.9. The zero-order valence-electron chi connectivity index (χ0n) is 9.60. The minimum Gasteiger partial charge on any atom is -0.392 e. The van der Waals surface area contributed by atoms with Gasteiger partial charge in [-0.25, -0.2) is 0 Å². The molecule has 0 N–H and O–H groups in total. The number of esters is 2. The SMILES string of the molecule is CCC(C)=CC1CC=CC2C(=O)OC(=O)C12. The number of rotatable bonds is 2. The van der Waals surface area contributed by atoms with E-state index >= 15 is 0 Å². The van der Waals surface area contributed by atoms with Crippen LogP contribution in [0.5, 0.6) is 0 Å². The van der Waals surface area contributed by atoms with E-state index in [9.17, 15) is 9.59 Å². The van der Waals surface area contributed by atoms with Gasteiger partial charge in [0.1, 0.15) is 0 Å². The number of cyclic esters (lactones) is 2. The first-order valence-electron chi connectivity index (χ1n) is 5.73. The van der Waals surface area contributed by atoms with Crippen LogP contribution < -0.4 is 0 Å². The highest BCUT2D eigenvalue weighted by molar-refractivity contribution is 5.98. The molecule has 86 valence electrons. The fraction of sp³-hybridized carbons (Fsp3) is 0.538. The van der Waals surface area contributed by atoms with E-state index in [1.54, 1.807) is 0 Å². The van der Waals surface area contributed by atoms with Gasteiger partial charge in [0, 0.05) is 0 Å². The van der Waals surface area contributed by atoms with Crippen LogP contribution in [0.2, 0.25) is 0 Å². The lowest BCUT2D eigenvalue weighted by atomic mass is 9.76. The molecule has 0 bridgehead atoms. The molecule has 0 saturated carbocycles. The van der Waals surface area contributed by atoms with E-state index in [-0.39, 0.29) is 23.7 Å². The molecule has 2 rings (SSSR count). The Morgan fingerprint density at radius 2 is 2.25 bits per heavy atom. The number of allylic oxidation sites excluding steroid dienone is 3. The smallest absolute Gasteiger partial charge is 0.321 e. The van der Waals surface area contributed by atoms with E-state index in [1.807, 2.05) is 12.2 Å². The zero-order chi connectivity index (χ0) is 11.7. The Hall–Kier alpha value is -1.38. The summed E-state index contributed by atoms with van der Waals surface area (Å²) in [6, 6.07) is 0. The molecule has 0 radical (unpaired) electrons. The second-order valence-corrected chi connectivity index (χ2v) is 4.49. The first kappa shape index (κ1) is 11.1. The maximum atomic E-state index is 11.6. The van der Waals surface area contributed by atoms with Crippen molar-refractivity contribution in [3.63, 3.8) is 0 Å². The molecule has 0 spiro atoms. The van der Waals surface area contributed by atoms with Gasteiger partial charge in [-0.15, -0.1) is 0 Å². The van der Waals surface area contributed by atoms with Gasteiger partial charge >= 0.3 is 11.9 Å². The van der Waals surface area contributed by atoms with Crippen molar-refractivity contribution >= 4 is 11.9 Å². The molecule has 1 fully saturated rings. The van der Waals surface area contributed by atoms with Crippen molar-refractivity contribution in [1.82, 2.24) is 0 Å². The summed E-state index contributed by atoms with van der Waals surface area (Å²) in [5.74, 6) is -1.27. The van der Waals surface area contributed by atoms with Gasteiger partial charge in [-0.3, -0.25) is 9.59 Å². The molecule has 2 aliphatic rings. The average molecular weight is 220 g/mol. The highest BCUT2D eigenvalue weighted by Gasteiger charge is 2.47. The first-order chi connectivity index (χ1) is 7.63. The zero-order valence-corrected chi connectivity index (χ0v) is 9.60. The van der Waals surface area contributed by atoms with E-state index in [0.29, 0.717) is 0 Å². The topological polar surface area (TPSA) is 43.4 Å². The number of hydrogen-bond donors (Lipinski definition) is 0. The van der Waals surface area contributed by atoms with Crippen molar-refractivity contribution in [2.45, 2.75) is 26.7 Å². The van der Waals surface area contributed by atoms with Gasteiger partial charge in [0.05, 0.1) is 11.8 Å². The maximum Gasteiger partial charge on any atom is 0.321 e. The fourth-order valence-corrected chi connectivity index (χ4v) is 2.35. The van der Waals surface area contributed by atoms with Gasteiger partial charge in [0.25, 0.3) is 0 Å². The van der Waals surface area contributed by atoms with E-state index in [4.69, 9.17) is 4.74 Å². The molecule has 3 heteroatoms. The molecule has 0 aromatic heterocycles. The maximum absolute atomic E-state index is 11.6. The third-order valence-electron chi connectivity index (χ3n) is 3.40. The van der Waals surface area contributed by atoms with Gasteiger partial charge in [0.2, 0.25) is 0 Å². The highest BCUT2D eigenvalue weighted by Crippen LogP contribution is 2.38. The van der Waals surface area contributed by atoms with Crippen LogP contribution in [0.25, 0.3) is 0 Å². The molecule has 3 unspecified atom stereocenters. The molecule has 1 aliphatic carbocycles. The van der Waals surface area contributed by atoms with E-state index in [1.165, 1.54) is 5.57 Å². The van der Waals surface area contributed by atoms with Crippen molar-refractivity contribution in [1.29, 1.82) is 0 Å². The van der Waals surface area contributed by atoms with Crippen molar-refractivity contribution in [2.24, 2.45) is 17.8 Å². The Morgan fingerprint density at radius 1 is 1.50 bits per heavy atom. The minimum atomic E-state index is -0.390. The monoisotopic (exact) mass is 220 g/mol. The predicted octanol–water partition coefficient (Wildman–Crippen LogP) is 2.23. The summed E-state index contributed by atoms with van der Waals surface area (Å²) in [6.45, 7) is 4.13. The molecule has 1 aliphatic heterocycles. The quantitative estimate of drug-likeness (QED) is 0.407. The highest BCUT2D eigenvalue weighted by atomic mass is 16.6. The lowest BCUT2D eigenvalue weighted by Crippen LogP contribution is -2.26. The summed E-state index contributed by atoms with van der Waals surface area (Å²) in [4.78, 5) is 23.0. The first-order valence-corrected chi connectivity index (χ1v) is 5.73. The van der Waals surface area contributed by atoms with E-state index < -0.39 is 5.97 Å². The molecule has 1 saturated heterocycles. The van der Waals surface area contributed by atoms with Crippen LogP contribution in [0, 0.1) is 17.8 Å². The van der Waals surface area contributed by atoms with Crippen molar-refractivity contribution in [2.75, 3.05) is 0 Å². The Bertz CT molecular complexity index is 379. The number of carbonyl (C=O) groups excluding carboxylic acids is 2. The van der Waals surface area contributed by atoms with E-state index in [0.717, 1.165) is 12.8 Å². The lowest BCUT2D eigenvalue weighted by molar-refractivity contribution is -0.153. The second kappa shape index (κ2) is 4.24. The fourth-order valence-electron chi connectivity index (χ4n) is 2.35. The molecule has 0 aromatic rings. The van der Waals surface area contributed by atoms with Crippen LogP contribution >= 0.6 is 0 Å². The Labute approximate surface area is 95.2 Å². The van der Waals surface area contributed by atoms with Crippen LogP contribution in [0.15, 0.2) is 23.8 Å². The standard InChI is InChI=1S/C13H16O3/c1-3-8(2)7-9-5-4-6-10-11(9)13(15)16-12(10)14/h4,6-7,9-11H,3,5H2,1-2H3. The second-order valence-electron chi connectivity index (χ2n) is 4.49. The summed E-state index contributed by atoms with van der Waals surface area (Å²) in [5, 5.41) is 0. The molecule has 0 amide bonds. The van der Waals surface area contributed by atoms with Gasteiger partial charge < -0.3 is 4.74 Å². The summed E-state index contributed by atoms with van der Waals surface area (Å²) < 4.78 is 4.70. The van der Waals surface area contributed by atoms with Crippen LogP contribution in [0.4, 0.5) is 0 Å². The third kappa shape index (κ3) is 1.82. The lowest BCUT2D eigenvalue weighted by Gasteiger charge is -2.23. The number of ether oxygens (including phenoxy) is 1. The van der Waals surface area contributed by atoms with E-state index in [2.05, 4.69) is 19.9 Å². The summed E-state index contributed by atoms with van der Waals surface area (Å²) in [5.41, 5.74) is 1.26. The molecule has 0 aromatic carbocycles. The van der Waals surface area contributed by atoms with Gasteiger partial charge in [-0.1, -0.05) is 30.7 Å². The summed E-state index contributed by atoms with van der Waals surface area (Å²) >= 11 is 0. The number of carbonyl (C=O) groups is 2. The molecule has 1 heterocycles. The van der Waals surface area contributed by atoms with Crippen LogP contribution in [0.3, 0.4) is 0 Å². The Balaban J connectivity index is 2.26. The molecule has 16 heavy (non-hydrogen) atoms. The third-order valence-corrected chi connectivity index (χ3v) is 3.40. The largest absolute Gasteiger partial charge is 0.392 e. The van der Waals surface area contributed by atoms with Crippen LogP contribution in [-0.4, -0.2) is 11.9 Å². The van der Waals surface area contributed by atoms with Gasteiger partial charge in [0.15, 0.2) is 0 Å². The number of fused-ring (bicyclic) bond motifs is 1. The van der Waals surface area contributed by atoms with Crippen molar-refractivity contribution in [3.05, 3.63) is 23.8 Å². The van der Waals surface area contributed by atoms with Crippen molar-refractivity contribution in [3.8, 4) is 0 Å². The van der Waals surface area contributed by atoms with Crippen LogP contribution in [-0.2, 0) is 14.3 Å².